The molecule has 8 nitrogen and oxygen atoms in total. The Morgan fingerprint density at radius 3 is 2.73 bits per heavy atom. The van der Waals surface area contributed by atoms with Crippen LogP contribution in [0.3, 0.4) is 0 Å². The Morgan fingerprint density at radius 2 is 2.00 bits per heavy atom. The van der Waals surface area contributed by atoms with E-state index in [-0.39, 0.29) is 18.9 Å². The molecule has 0 unspecified atom stereocenters. The topological polar surface area (TPSA) is 104 Å². The number of carbonyl (C=O) groups is 3. The Labute approximate surface area is 153 Å². The van der Waals surface area contributed by atoms with Gasteiger partial charge in [-0.05, 0) is 18.4 Å². The fourth-order valence-corrected chi connectivity index (χ4v) is 3.70. The van der Waals surface area contributed by atoms with Crippen LogP contribution in [0.25, 0.3) is 0 Å². The van der Waals surface area contributed by atoms with Gasteiger partial charge in [-0.3, -0.25) is 14.5 Å². The summed E-state index contributed by atoms with van der Waals surface area (Å²) in [5.41, 5.74) is 0.850. The molecule has 1 aromatic carbocycles. The summed E-state index contributed by atoms with van der Waals surface area (Å²) in [6.07, 6.45) is 2.10. The van der Waals surface area contributed by atoms with Gasteiger partial charge >= 0.3 is 6.03 Å². The second kappa shape index (κ2) is 6.83. The van der Waals surface area contributed by atoms with E-state index in [2.05, 4.69) is 20.8 Å². The summed E-state index contributed by atoms with van der Waals surface area (Å²) in [4.78, 5) is 37.8. The Kier molecular flexibility index (Phi) is 4.37. The van der Waals surface area contributed by atoms with Crippen molar-refractivity contribution in [1.29, 1.82) is 0 Å². The van der Waals surface area contributed by atoms with Crippen LogP contribution in [0.4, 0.5) is 9.93 Å². The standard InChI is InChI=1S/C17H17N5O3S/c23-13(19-16-21-20-14(26-16)11-6-7-11)8-12-15(24)22(17(25)18-12)9-10-4-2-1-3-5-10/h1-5,11-12H,6-9H2,(H,18,25)(H,19,21,23)/t12-/m1/s1. The predicted molar refractivity (Wildman–Crippen MR) is 94.4 cm³/mol. The molecular weight excluding hydrogens is 354 g/mol. The number of urea groups is 1. The van der Waals surface area contributed by atoms with Crippen molar-refractivity contribution in [3.63, 3.8) is 0 Å². The summed E-state index contributed by atoms with van der Waals surface area (Å²) in [6.45, 7) is 0.185. The molecule has 1 aliphatic carbocycles. The first kappa shape index (κ1) is 16.6. The number of carbonyl (C=O) groups excluding carboxylic acids is 3. The fraction of sp³-hybridized carbons (Fsp3) is 0.353. The van der Waals surface area contributed by atoms with Crippen molar-refractivity contribution in [1.82, 2.24) is 20.4 Å². The molecule has 0 spiro atoms. The van der Waals surface area contributed by atoms with Gasteiger partial charge in [0, 0.05) is 5.92 Å². The van der Waals surface area contributed by atoms with Gasteiger partial charge in [-0.15, -0.1) is 10.2 Å². The zero-order valence-electron chi connectivity index (χ0n) is 13.8. The van der Waals surface area contributed by atoms with Gasteiger partial charge in [0.25, 0.3) is 5.91 Å². The first-order valence-corrected chi connectivity index (χ1v) is 9.21. The second-order valence-electron chi connectivity index (χ2n) is 6.38. The number of anilines is 1. The maximum absolute atomic E-state index is 12.4. The molecule has 2 fully saturated rings. The average Bonchev–Trinajstić information content (AvgIpc) is 3.33. The fourth-order valence-electron chi connectivity index (χ4n) is 2.77. The highest BCUT2D eigenvalue weighted by Gasteiger charge is 2.39. The van der Waals surface area contributed by atoms with Crippen LogP contribution in [0.5, 0.6) is 0 Å². The van der Waals surface area contributed by atoms with Gasteiger partial charge in [0.05, 0.1) is 13.0 Å². The van der Waals surface area contributed by atoms with Gasteiger partial charge in [-0.1, -0.05) is 41.7 Å². The summed E-state index contributed by atoms with van der Waals surface area (Å²) in [6, 6.07) is 7.89. The van der Waals surface area contributed by atoms with E-state index in [9.17, 15) is 14.4 Å². The minimum atomic E-state index is -0.859. The van der Waals surface area contributed by atoms with Crippen molar-refractivity contribution in [2.45, 2.75) is 37.8 Å². The lowest BCUT2D eigenvalue weighted by atomic mass is 10.2. The Balaban J connectivity index is 1.34. The maximum Gasteiger partial charge on any atom is 0.325 e. The second-order valence-corrected chi connectivity index (χ2v) is 7.39. The molecule has 1 atom stereocenters. The van der Waals surface area contributed by atoms with E-state index in [4.69, 9.17) is 0 Å². The molecule has 0 bridgehead atoms. The highest BCUT2D eigenvalue weighted by molar-refractivity contribution is 7.15. The first-order chi connectivity index (χ1) is 12.6. The molecule has 4 amide bonds. The summed E-state index contributed by atoms with van der Waals surface area (Å²) in [5, 5.41) is 14.6. The molecule has 4 rings (SSSR count). The number of aromatic nitrogens is 2. The number of amides is 4. The van der Waals surface area contributed by atoms with Crippen LogP contribution >= 0.6 is 11.3 Å². The zero-order chi connectivity index (χ0) is 18.1. The Morgan fingerprint density at radius 1 is 1.23 bits per heavy atom. The number of nitrogens with zero attached hydrogens (tertiary/aromatic N) is 3. The third kappa shape index (κ3) is 3.57. The zero-order valence-corrected chi connectivity index (χ0v) is 14.7. The lowest BCUT2D eigenvalue weighted by Gasteiger charge is -2.12. The summed E-state index contributed by atoms with van der Waals surface area (Å²) < 4.78 is 0. The summed E-state index contributed by atoms with van der Waals surface area (Å²) in [7, 11) is 0. The first-order valence-electron chi connectivity index (χ1n) is 8.39. The van der Waals surface area contributed by atoms with Gasteiger partial charge < -0.3 is 10.6 Å². The molecule has 1 aromatic heterocycles. The number of rotatable bonds is 6. The van der Waals surface area contributed by atoms with Crippen molar-refractivity contribution < 1.29 is 14.4 Å². The normalized spacial score (nSPS) is 19.5. The van der Waals surface area contributed by atoms with Crippen LogP contribution in [-0.4, -0.2) is 39.0 Å². The molecule has 134 valence electrons. The van der Waals surface area contributed by atoms with Crippen molar-refractivity contribution in [2.24, 2.45) is 0 Å². The van der Waals surface area contributed by atoms with Crippen LogP contribution in [0.15, 0.2) is 30.3 Å². The molecule has 2 aromatic rings. The van der Waals surface area contributed by atoms with Crippen LogP contribution in [-0.2, 0) is 16.1 Å². The van der Waals surface area contributed by atoms with E-state index in [0.717, 1.165) is 28.3 Å². The van der Waals surface area contributed by atoms with Gasteiger partial charge in [0.15, 0.2) is 0 Å². The summed E-state index contributed by atoms with van der Waals surface area (Å²) in [5.74, 6) is -0.297. The number of benzene rings is 1. The highest BCUT2D eigenvalue weighted by Crippen LogP contribution is 2.42. The third-order valence-corrected chi connectivity index (χ3v) is 5.29. The van der Waals surface area contributed by atoms with Gasteiger partial charge in [0.2, 0.25) is 11.0 Å². The number of hydrogen-bond donors (Lipinski definition) is 2. The van der Waals surface area contributed by atoms with Crippen LogP contribution in [0, 0.1) is 0 Å². The van der Waals surface area contributed by atoms with Gasteiger partial charge in [-0.2, -0.15) is 0 Å². The largest absolute Gasteiger partial charge is 0.325 e. The predicted octanol–water partition coefficient (Wildman–Crippen LogP) is 1.86. The number of hydrogen-bond acceptors (Lipinski definition) is 6. The molecule has 1 saturated carbocycles. The van der Waals surface area contributed by atoms with Crippen molar-refractivity contribution in [3.05, 3.63) is 40.9 Å². The van der Waals surface area contributed by atoms with Crippen LogP contribution < -0.4 is 10.6 Å². The monoisotopic (exact) mass is 371 g/mol. The van der Waals surface area contributed by atoms with Gasteiger partial charge in [-0.25, -0.2) is 4.79 Å². The van der Waals surface area contributed by atoms with Crippen molar-refractivity contribution in [2.75, 3.05) is 5.32 Å². The maximum atomic E-state index is 12.4. The van der Waals surface area contributed by atoms with Crippen LogP contribution in [0.2, 0.25) is 0 Å². The molecular formula is C17H17N5O3S. The van der Waals surface area contributed by atoms with E-state index >= 15 is 0 Å². The third-order valence-electron chi connectivity index (χ3n) is 4.29. The van der Waals surface area contributed by atoms with E-state index in [1.165, 1.54) is 11.3 Å². The molecule has 2 heterocycles. The van der Waals surface area contributed by atoms with E-state index < -0.39 is 18.0 Å². The quantitative estimate of drug-likeness (QED) is 0.754. The molecule has 9 heteroatoms. The minimum Gasteiger partial charge on any atom is -0.325 e. The molecule has 1 aliphatic heterocycles. The van der Waals surface area contributed by atoms with Crippen molar-refractivity contribution in [3.8, 4) is 0 Å². The lowest BCUT2D eigenvalue weighted by Crippen LogP contribution is -2.34. The van der Waals surface area contributed by atoms with Crippen molar-refractivity contribution >= 4 is 34.3 Å². The van der Waals surface area contributed by atoms with E-state index in [1.54, 1.807) is 0 Å². The van der Waals surface area contributed by atoms with Crippen LogP contribution in [0.1, 0.15) is 35.8 Å². The van der Waals surface area contributed by atoms with E-state index in [1.807, 2.05) is 30.3 Å². The molecule has 1 saturated heterocycles. The lowest BCUT2D eigenvalue weighted by molar-refractivity contribution is -0.130. The Bertz CT molecular complexity index is 849. The smallest absolute Gasteiger partial charge is 0.325 e. The SMILES string of the molecule is O=C(C[C@H]1NC(=O)N(Cc2ccccc2)C1=O)Nc1nnc(C2CC2)s1. The molecule has 26 heavy (non-hydrogen) atoms. The number of imide groups is 1. The Hall–Kier alpha value is -2.81. The average molecular weight is 371 g/mol. The summed E-state index contributed by atoms with van der Waals surface area (Å²) >= 11 is 1.36. The van der Waals surface area contributed by atoms with Gasteiger partial charge in [0.1, 0.15) is 11.0 Å². The minimum absolute atomic E-state index is 0.131. The molecule has 2 aliphatic rings. The number of nitrogens with one attached hydrogen (secondary N) is 2. The van der Waals surface area contributed by atoms with E-state index in [0.29, 0.717) is 11.0 Å². The highest BCUT2D eigenvalue weighted by atomic mass is 32.1. The molecule has 0 radical (unpaired) electrons. The molecule has 2 N–H and O–H groups in total.